The maximum Gasteiger partial charge on any atom is 0.330 e. The van der Waals surface area contributed by atoms with Crippen LogP contribution in [0.2, 0.25) is 0 Å². The van der Waals surface area contributed by atoms with Crippen LogP contribution in [0.15, 0.2) is 36.4 Å². The van der Waals surface area contributed by atoms with Crippen LogP contribution in [0.1, 0.15) is 5.69 Å². The summed E-state index contributed by atoms with van der Waals surface area (Å²) in [6, 6.07) is 7.81. The van der Waals surface area contributed by atoms with Crippen LogP contribution in [-0.2, 0) is 9.53 Å². The van der Waals surface area contributed by atoms with Gasteiger partial charge in [0, 0.05) is 23.6 Å². The number of nitro benzene ring substituents is 1. The van der Waals surface area contributed by atoms with E-state index in [4.69, 9.17) is 0 Å². The number of rotatable bonds is 3. The number of benzene rings is 1. The van der Waals surface area contributed by atoms with Crippen molar-refractivity contribution < 1.29 is 14.5 Å². The lowest BCUT2D eigenvalue weighted by Crippen LogP contribution is -1.94. The molecule has 0 spiro atoms. The van der Waals surface area contributed by atoms with E-state index in [2.05, 4.69) is 9.72 Å². The molecule has 0 saturated carbocycles. The van der Waals surface area contributed by atoms with Crippen molar-refractivity contribution in [1.82, 2.24) is 4.98 Å². The fourth-order valence-corrected chi connectivity index (χ4v) is 1.56. The number of nitrogens with zero attached hydrogens (tertiary/aromatic N) is 2. The molecule has 0 aliphatic carbocycles. The van der Waals surface area contributed by atoms with E-state index >= 15 is 0 Å². The fourth-order valence-electron chi connectivity index (χ4n) is 1.56. The number of methoxy groups -OCH3 is 1. The minimum absolute atomic E-state index is 0.0205. The van der Waals surface area contributed by atoms with Gasteiger partial charge in [0.15, 0.2) is 0 Å². The Balaban J connectivity index is 2.36. The zero-order chi connectivity index (χ0) is 13.8. The van der Waals surface area contributed by atoms with Gasteiger partial charge in [-0.2, -0.15) is 0 Å². The Bertz CT molecular complexity index is 679. The highest BCUT2D eigenvalue weighted by Crippen LogP contribution is 2.20. The van der Waals surface area contributed by atoms with E-state index in [0.717, 1.165) is 0 Å². The van der Waals surface area contributed by atoms with E-state index in [1.165, 1.54) is 31.4 Å². The highest BCUT2D eigenvalue weighted by Gasteiger charge is 2.06. The van der Waals surface area contributed by atoms with Crippen molar-refractivity contribution in [3.63, 3.8) is 0 Å². The molecule has 2 rings (SSSR count). The number of esters is 1. The van der Waals surface area contributed by atoms with Gasteiger partial charge in [0.25, 0.3) is 5.69 Å². The smallest absolute Gasteiger partial charge is 0.330 e. The first-order chi connectivity index (χ1) is 9.10. The van der Waals surface area contributed by atoms with Crippen molar-refractivity contribution in [2.45, 2.75) is 0 Å². The normalized spacial score (nSPS) is 10.8. The number of non-ortho nitro benzene ring substituents is 1. The second-order valence-corrected chi connectivity index (χ2v) is 3.73. The number of nitro groups is 1. The van der Waals surface area contributed by atoms with Crippen LogP contribution >= 0.6 is 0 Å². The molecular weight excluding hydrogens is 248 g/mol. The molecule has 0 aliphatic rings. The maximum atomic E-state index is 11.0. The first-order valence-electron chi connectivity index (χ1n) is 5.41. The molecule has 2 aromatic rings. The molecule has 0 N–H and O–H groups in total. The average Bonchev–Trinajstić information content (AvgIpc) is 2.43. The maximum absolute atomic E-state index is 11.0. The van der Waals surface area contributed by atoms with Gasteiger partial charge in [0.2, 0.25) is 0 Å². The van der Waals surface area contributed by atoms with Crippen molar-refractivity contribution in [3.05, 3.63) is 52.2 Å². The molecule has 1 aromatic carbocycles. The van der Waals surface area contributed by atoms with Crippen LogP contribution in [0.5, 0.6) is 0 Å². The molecule has 0 unspecified atom stereocenters. The van der Waals surface area contributed by atoms with Crippen LogP contribution < -0.4 is 0 Å². The lowest BCUT2D eigenvalue weighted by atomic mass is 10.2. The van der Waals surface area contributed by atoms with Gasteiger partial charge in [-0.3, -0.25) is 10.1 Å². The summed E-state index contributed by atoms with van der Waals surface area (Å²) in [5, 5.41) is 11.3. The molecule has 0 amide bonds. The average molecular weight is 258 g/mol. The summed E-state index contributed by atoms with van der Waals surface area (Å²) in [6.45, 7) is 0. The Hall–Kier alpha value is -2.76. The third-order valence-electron chi connectivity index (χ3n) is 2.50. The molecule has 0 saturated heterocycles. The molecule has 19 heavy (non-hydrogen) atoms. The van der Waals surface area contributed by atoms with Gasteiger partial charge in [0.1, 0.15) is 0 Å². The Kier molecular flexibility index (Phi) is 3.51. The topological polar surface area (TPSA) is 82.3 Å². The Morgan fingerprint density at radius 3 is 2.84 bits per heavy atom. The fraction of sp³-hybridized carbons (Fsp3) is 0.0769. The van der Waals surface area contributed by atoms with Crippen LogP contribution in [0.4, 0.5) is 5.69 Å². The van der Waals surface area contributed by atoms with E-state index in [9.17, 15) is 14.9 Å². The Labute approximate surface area is 108 Å². The molecular formula is C13H10N2O4. The molecule has 6 heteroatoms. The minimum atomic E-state index is -0.467. The molecule has 0 atom stereocenters. The van der Waals surface area contributed by atoms with E-state index in [0.29, 0.717) is 16.6 Å². The molecule has 0 aliphatic heterocycles. The molecule has 96 valence electrons. The van der Waals surface area contributed by atoms with E-state index in [1.54, 1.807) is 18.2 Å². The number of hydrogen-bond acceptors (Lipinski definition) is 5. The standard InChI is InChI=1S/C13H10N2O4/c1-19-13(16)7-4-10-3-2-9-8-11(15(17)18)5-6-12(9)14-10/h2-8H,1H3/b7-4+. The largest absolute Gasteiger partial charge is 0.466 e. The third kappa shape index (κ3) is 2.92. The summed E-state index contributed by atoms with van der Waals surface area (Å²) < 4.78 is 4.47. The number of carbonyl (C=O) groups excluding carboxylic acids is 1. The van der Waals surface area contributed by atoms with E-state index in [1.807, 2.05) is 0 Å². The summed E-state index contributed by atoms with van der Waals surface area (Å²) in [5.41, 5.74) is 1.22. The van der Waals surface area contributed by atoms with Crippen LogP contribution in [0.25, 0.3) is 17.0 Å². The number of aromatic nitrogens is 1. The second-order valence-electron chi connectivity index (χ2n) is 3.73. The highest BCUT2D eigenvalue weighted by molar-refractivity contribution is 5.87. The van der Waals surface area contributed by atoms with Gasteiger partial charge in [-0.05, 0) is 18.2 Å². The van der Waals surface area contributed by atoms with Crippen LogP contribution in [-0.4, -0.2) is 23.0 Å². The van der Waals surface area contributed by atoms with Gasteiger partial charge >= 0.3 is 5.97 Å². The van der Waals surface area contributed by atoms with E-state index in [-0.39, 0.29) is 5.69 Å². The third-order valence-corrected chi connectivity index (χ3v) is 2.50. The van der Waals surface area contributed by atoms with Crippen LogP contribution in [0.3, 0.4) is 0 Å². The zero-order valence-electron chi connectivity index (χ0n) is 10.1. The summed E-state index contributed by atoms with van der Waals surface area (Å²) >= 11 is 0. The molecule has 0 bridgehead atoms. The predicted molar refractivity (Wildman–Crippen MR) is 69.4 cm³/mol. The lowest BCUT2D eigenvalue weighted by Gasteiger charge is -1.99. The summed E-state index contributed by atoms with van der Waals surface area (Å²) in [7, 11) is 1.29. The van der Waals surface area contributed by atoms with E-state index < -0.39 is 10.9 Å². The zero-order valence-corrected chi connectivity index (χ0v) is 10.1. The number of carbonyl (C=O) groups is 1. The quantitative estimate of drug-likeness (QED) is 0.365. The van der Waals surface area contributed by atoms with Crippen molar-refractivity contribution in [2.75, 3.05) is 7.11 Å². The Morgan fingerprint density at radius 2 is 2.16 bits per heavy atom. The summed E-state index contributed by atoms with van der Waals surface area (Å²) in [5.74, 6) is -0.467. The summed E-state index contributed by atoms with van der Waals surface area (Å²) in [6.07, 6.45) is 2.78. The van der Waals surface area contributed by atoms with Crippen molar-refractivity contribution in [1.29, 1.82) is 0 Å². The lowest BCUT2D eigenvalue weighted by molar-refractivity contribution is -0.384. The van der Waals surface area contributed by atoms with Crippen molar-refractivity contribution in [2.24, 2.45) is 0 Å². The number of ether oxygens (including phenoxy) is 1. The van der Waals surface area contributed by atoms with Gasteiger partial charge in [-0.15, -0.1) is 0 Å². The first-order valence-corrected chi connectivity index (χ1v) is 5.41. The second kappa shape index (κ2) is 5.26. The van der Waals surface area contributed by atoms with Gasteiger partial charge < -0.3 is 4.74 Å². The first kappa shape index (κ1) is 12.7. The highest BCUT2D eigenvalue weighted by atomic mass is 16.6. The van der Waals surface area contributed by atoms with Crippen molar-refractivity contribution in [3.8, 4) is 0 Å². The predicted octanol–water partition coefficient (Wildman–Crippen LogP) is 2.33. The Morgan fingerprint density at radius 1 is 1.37 bits per heavy atom. The monoisotopic (exact) mass is 258 g/mol. The molecule has 1 heterocycles. The molecule has 1 aromatic heterocycles. The molecule has 0 radical (unpaired) electrons. The molecule has 0 fully saturated rings. The summed E-state index contributed by atoms with van der Waals surface area (Å²) in [4.78, 5) is 25.4. The SMILES string of the molecule is COC(=O)/C=C/c1ccc2cc([N+](=O)[O-])ccc2n1. The number of pyridine rings is 1. The minimum Gasteiger partial charge on any atom is -0.466 e. The number of fused-ring (bicyclic) bond motifs is 1. The van der Waals surface area contributed by atoms with Gasteiger partial charge in [-0.25, -0.2) is 9.78 Å². The van der Waals surface area contributed by atoms with Gasteiger partial charge in [-0.1, -0.05) is 6.07 Å². The van der Waals surface area contributed by atoms with Crippen molar-refractivity contribution >= 4 is 28.6 Å². The number of hydrogen-bond donors (Lipinski definition) is 0. The van der Waals surface area contributed by atoms with Gasteiger partial charge in [0.05, 0.1) is 23.2 Å². The van der Waals surface area contributed by atoms with Crippen LogP contribution in [0, 0.1) is 10.1 Å². The molecule has 6 nitrogen and oxygen atoms in total.